The van der Waals surface area contributed by atoms with Crippen LogP contribution in [0.3, 0.4) is 0 Å². The number of fused-ring (bicyclic) bond motifs is 2. The number of ether oxygens (including phenoxy) is 1. The Morgan fingerprint density at radius 2 is 2.00 bits per heavy atom. The predicted molar refractivity (Wildman–Crippen MR) is 101 cm³/mol. The van der Waals surface area contributed by atoms with Gasteiger partial charge in [0, 0.05) is 29.5 Å². The molecule has 0 saturated carbocycles. The van der Waals surface area contributed by atoms with Gasteiger partial charge in [-0.05, 0) is 45.0 Å². The minimum Gasteiger partial charge on any atom is -0.465 e. The molecule has 26 heavy (non-hydrogen) atoms. The lowest BCUT2D eigenvalue weighted by Gasteiger charge is -2.30. The smallest absolute Gasteiger partial charge is 0.207 e. The Hall–Kier alpha value is -3.08. The van der Waals surface area contributed by atoms with Crippen LogP contribution in [-0.4, -0.2) is 20.9 Å². The fourth-order valence-electron chi connectivity index (χ4n) is 3.05. The van der Waals surface area contributed by atoms with E-state index >= 15 is 0 Å². The second kappa shape index (κ2) is 6.02. The topological polar surface area (TPSA) is 56.1 Å². The molecule has 1 N–H and O–H groups in total. The fourth-order valence-corrected chi connectivity index (χ4v) is 3.05. The highest BCUT2D eigenvalue weighted by molar-refractivity contribution is 6.11. The van der Waals surface area contributed by atoms with Crippen LogP contribution in [0.2, 0.25) is 0 Å². The first-order valence-electron chi connectivity index (χ1n) is 8.63. The third-order valence-corrected chi connectivity index (χ3v) is 4.34. The Bertz CT molecular complexity index is 1010. The number of nitrogens with zero attached hydrogens (tertiary/aromatic N) is 2. The average Bonchev–Trinajstić information content (AvgIpc) is 3.04. The second-order valence-electron chi connectivity index (χ2n) is 7.45. The molecule has 0 aliphatic carbocycles. The van der Waals surface area contributed by atoms with Crippen molar-refractivity contribution in [3.05, 3.63) is 72.3 Å². The first-order chi connectivity index (χ1) is 12.4. The van der Waals surface area contributed by atoms with Gasteiger partial charge in [0.1, 0.15) is 5.75 Å². The first-order valence-corrected chi connectivity index (χ1v) is 8.63. The zero-order valence-corrected chi connectivity index (χ0v) is 15.1. The maximum Gasteiger partial charge on any atom is 0.207 e. The van der Waals surface area contributed by atoms with Gasteiger partial charge >= 0.3 is 0 Å². The van der Waals surface area contributed by atoms with Crippen LogP contribution in [0.4, 0.5) is 0 Å². The molecule has 5 heteroatoms. The lowest BCUT2D eigenvalue weighted by molar-refractivity contribution is 0.0901. The zero-order valence-electron chi connectivity index (χ0n) is 15.1. The molecule has 3 aromatic rings. The second-order valence-corrected chi connectivity index (χ2v) is 7.45. The van der Waals surface area contributed by atoms with Crippen molar-refractivity contribution in [3.63, 3.8) is 0 Å². The summed E-state index contributed by atoms with van der Waals surface area (Å²) in [4.78, 5) is 17.4. The lowest BCUT2D eigenvalue weighted by atomic mass is 9.98. The number of Topliss-reactive ketones (excluding diaryl/α,β-unsaturated/α-hetero) is 1. The number of para-hydroxylation sites is 1. The van der Waals surface area contributed by atoms with Crippen LogP contribution in [0, 0.1) is 0 Å². The number of hydrogen-bond acceptors (Lipinski definition) is 4. The highest BCUT2D eigenvalue weighted by atomic mass is 16.5. The van der Waals surface area contributed by atoms with Crippen molar-refractivity contribution in [2.24, 2.45) is 0 Å². The van der Waals surface area contributed by atoms with Gasteiger partial charge < -0.3 is 14.6 Å². The Balaban J connectivity index is 1.86. The minimum atomic E-state index is -0.547. The summed E-state index contributed by atoms with van der Waals surface area (Å²) in [7, 11) is 0. The van der Waals surface area contributed by atoms with E-state index in [2.05, 4.69) is 31.1 Å². The van der Waals surface area contributed by atoms with Gasteiger partial charge in [0.15, 0.2) is 5.78 Å². The number of benzene rings is 1. The van der Waals surface area contributed by atoms with Crippen LogP contribution in [0.25, 0.3) is 10.9 Å². The maximum atomic E-state index is 13.2. The summed E-state index contributed by atoms with van der Waals surface area (Å²) in [5.74, 6) is 0.570. The molecule has 0 bridgehead atoms. The van der Waals surface area contributed by atoms with E-state index < -0.39 is 6.23 Å². The summed E-state index contributed by atoms with van der Waals surface area (Å²) in [6.07, 6.45) is 6.72. The van der Waals surface area contributed by atoms with Crippen LogP contribution in [0.15, 0.2) is 66.8 Å². The molecule has 0 amide bonds. The molecule has 0 radical (unpaired) electrons. The summed E-state index contributed by atoms with van der Waals surface area (Å²) < 4.78 is 8.19. The molecule has 5 nitrogen and oxygen atoms in total. The van der Waals surface area contributed by atoms with Crippen molar-refractivity contribution in [2.45, 2.75) is 32.5 Å². The lowest BCUT2D eigenvalue weighted by Crippen LogP contribution is -2.35. The molecule has 0 spiro atoms. The molecule has 3 heterocycles. The highest BCUT2D eigenvalue weighted by Gasteiger charge is 2.33. The van der Waals surface area contributed by atoms with E-state index in [-0.39, 0.29) is 11.3 Å². The van der Waals surface area contributed by atoms with Gasteiger partial charge in [0.25, 0.3) is 0 Å². The molecule has 1 unspecified atom stereocenters. The van der Waals surface area contributed by atoms with Gasteiger partial charge in [-0.25, -0.2) is 0 Å². The van der Waals surface area contributed by atoms with Gasteiger partial charge in [0.05, 0.1) is 22.9 Å². The Kier molecular flexibility index (Phi) is 3.80. The van der Waals surface area contributed by atoms with Gasteiger partial charge in [-0.2, -0.15) is 0 Å². The minimum absolute atomic E-state index is 0.0284. The summed E-state index contributed by atoms with van der Waals surface area (Å²) >= 11 is 0. The third kappa shape index (κ3) is 2.86. The molecule has 1 aliphatic rings. The van der Waals surface area contributed by atoms with Crippen LogP contribution < -0.4 is 10.1 Å². The van der Waals surface area contributed by atoms with Crippen molar-refractivity contribution >= 4 is 16.7 Å². The van der Waals surface area contributed by atoms with Crippen molar-refractivity contribution < 1.29 is 9.53 Å². The summed E-state index contributed by atoms with van der Waals surface area (Å²) in [5, 5.41) is 4.35. The van der Waals surface area contributed by atoms with E-state index in [1.807, 2.05) is 41.1 Å². The summed E-state index contributed by atoms with van der Waals surface area (Å²) in [6.45, 7) is 6.16. The molecular formula is C21H21N3O2. The van der Waals surface area contributed by atoms with Crippen molar-refractivity contribution in [3.8, 4) is 5.75 Å². The Labute approximate surface area is 152 Å². The molecule has 0 fully saturated rings. The van der Waals surface area contributed by atoms with E-state index in [1.54, 1.807) is 24.7 Å². The van der Waals surface area contributed by atoms with Crippen molar-refractivity contribution in [1.29, 1.82) is 0 Å². The van der Waals surface area contributed by atoms with E-state index in [4.69, 9.17) is 4.74 Å². The highest BCUT2D eigenvalue weighted by Crippen LogP contribution is 2.37. The summed E-state index contributed by atoms with van der Waals surface area (Å²) in [6, 6.07) is 11.3. The standard InChI is InChI=1S/C21H21N3O2/c1-21(2,3)23-12-16-19(25)15-6-4-5-7-18(15)26-20(16)24-11-9-14-8-10-22-13-17(14)24/h4-13,20,23H,1-3H3/b16-12+. The third-order valence-electron chi connectivity index (χ3n) is 4.34. The average molecular weight is 347 g/mol. The molecule has 2 aromatic heterocycles. The number of carbonyl (C=O) groups excluding carboxylic acids is 1. The largest absolute Gasteiger partial charge is 0.465 e. The van der Waals surface area contributed by atoms with Crippen molar-refractivity contribution in [2.75, 3.05) is 0 Å². The number of pyridine rings is 1. The predicted octanol–water partition coefficient (Wildman–Crippen LogP) is 4.08. The monoisotopic (exact) mass is 347 g/mol. The molecule has 0 saturated heterocycles. The van der Waals surface area contributed by atoms with Crippen LogP contribution in [-0.2, 0) is 0 Å². The van der Waals surface area contributed by atoms with Gasteiger partial charge in [0.2, 0.25) is 6.23 Å². The van der Waals surface area contributed by atoms with Gasteiger partial charge in [-0.3, -0.25) is 9.78 Å². The Morgan fingerprint density at radius 1 is 1.19 bits per heavy atom. The number of ketones is 1. The SMILES string of the molecule is CC(C)(C)N/C=C1\C(=O)c2ccccc2OC1n1ccc2ccncc21. The number of hydrogen-bond donors (Lipinski definition) is 1. The molecule has 1 atom stereocenters. The van der Waals surface area contributed by atoms with E-state index in [1.165, 1.54) is 0 Å². The normalized spacial score (nSPS) is 18.7. The number of aromatic nitrogens is 2. The first kappa shape index (κ1) is 16.4. The molecule has 132 valence electrons. The molecule has 4 rings (SSSR count). The van der Waals surface area contributed by atoms with Crippen molar-refractivity contribution in [1.82, 2.24) is 14.9 Å². The van der Waals surface area contributed by atoms with E-state index in [9.17, 15) is 4.79 Å². The molecule has 1 aliphatic heterocycles. The zero-order chi connectivity index (χ0) is 18.3. The number of nitrogens with one attached hydrogen (secondary N) is 1. The Morgan fingerprint density at radius 3 is 2.81 bits per heavy atom. The van der Waals surface area contributed by atoms with E-state index in [0.29, 0.717) is 16.9 Å². The number of carbonyl (C=O) groups is 1. The van der Waals surface area contributed by atoms with Gasteiger partial charge in [-0.1, -0.05) is 12.1 Å². The van der Waals surface area contributed by atoms with Crippen LogP contribution >= 0.6 is 0 Å². The van der Waals surface area contributed by atoms with E-state index in [0.717, 1.165) is 10.9 Å². The maximum absolute atomic E-state index is 13.2. The number of rotatable bonds is 2. The summed E-state index contributed by atoms with van der Waals surface area (Å²) in [5.41, 5.74) is 1.92. The molecular weight excluding hydrogens is 326 g/mol. The molecule has 1 aromatic carbocycles. The fraction of sp³-hybridized carbons (Fsp3) is 0.238. The van der Waals surface area contributed by atoms with Gasteiger partial charge in [-0.15, -0.1) is 0 Å². The van der Waals surface area contributed by atoms with Crippen LogP contribution in [0.1, 0.15) is 37.4 Å². The quantitative estimate of drug-likeness (QED) is 0.710. The van der Waals surface area contributed by atoms with Crippen LogP contribution in [0.5, 0.6) is 5.75 Å².